The number of rotatable bonds is 3. The third kappa shape index (κ3) is 2.20. The Kier molecular flexibility index (Phi) is 3.06. The number of H-pyrrole nitrogens is 1. The summed E-state index contributed by atoms with van der Waals surface area (Å²) in [6.45, 7) is 0. The Morgan fingerprint density at radius 1 is 1.10 bits per heavy atom. The van der Waals surface area contributed by atoms with Gasteiger partial charge in [0.1, 0.15) is 11.6 Å². The van der Waals surface area contributed by atoms with Crippen molar-refractivity contribution in [1.29, 1.82) is 0 Å². The highest BCUT2D eigenvalue weighted by molar-refractivity contribution is 6.08. The van der Waals surface area contributed by atoms with E-state index in [4.69, 9.17) is 0 Å². The first-order valence-corrected chi connectivity index (χ1v) is 6.18. The average Bonchev–Trinajstić information content (AvgIpc) is 2.84. The molecule has 0 aliphatic rings. The van der Waals surface area contributed by atoms with Gasteiger partial charge in [0.2, 0.25) is 0 Å². The third-order valence-electron chi connectivity index (χ3n) is 3.21. The van der Waals surface area contributed by atoms with Crippen molar-refractivity contribution in [1.82, 2.24) is 4.98 Å². The largest absolute Gasteiger partial charge is 0.360 e. The molecule has 2 aromatic carbocycles. The fourth-order valence-corrected chi connectivity index (χ4v) is 2.29. The van der Waals surface area contributed by atoms with Gasteiger partial charge in [-0.25, -0.2) is 8.78 Å². The fourth-order valence-electron chi connectivity index (χ4n) is 2.29. The molecule has 0 saturated carbocycles. The van der Waals surface area contributed by atoms with Gasteiger partial charge in [0.05, 0.1) is 0 Å². The summed E-state index contributed by atoms with van der Waals surface area (Å²) in [4.78, 5) is 15.1. The minimum Gasteiger partial charge on any atom is -0.360 e. The van der Waals surface area contributed by atoms with E-state index in [2.05, 4.69) is 4.98 Å². The molecular formula is C16H11F2NO. The summed E-state index contributed by atoms with van der Waals surface area (Å²) in [5.41, 5.74) is 1.44. The topological polar surface area (TPSA) is 32.9 Å². The molecule has 0 saturated heterocycles. The van der Waals surface area contributed by atoms with Crippen molar-refractivity contribution in [3.63, 3.8) is 0 Å². The molecule has 100 valence electrons. The van der Waals surface area contributed by atoms with Gasteiger partial charge in [-0.3, -0.25) is 4.79 Å². The number of aromatic nitrogens is 1. The minimum atomic E-state index is -0.439. The smallest absolute Gasteiger partial charge is 0.169 e. The summed E-state index contributed by atoms with van der Waals surface area (Å²) in [7, 11) is 0. The predicted molar refractivity (Wildman–Crippen MR) is 72.7 cm³/mol. The van der Waals surface area contributed by atoms with Crippen LogP contribution in [0.3, 0.4) is 0 Å². The highest BCUT2D eigenvalue weighted by Crippen LogP contribution is 2.23. The monoisotopic (exact) mass is 271 g/mol. The number of carbonyl (C=O) groups is 1. The molecule has 4 heteroatoms. The molecule has 0 unspecified atom stereocenters. The van der Waals surface area contributed by atoms with E-state index in [1.165, 1.54) is 24.4 Å². The van der Waals surface area contributed by atoms with Crippen LogP contribution >= 0.6 is 0 Å². The summed E-state index contributed by atoms with van der Waals surface area (Å²) in [5.74, 6) is -1.07. The van der Waals surface area contributed by atoms with E-state index < -0.39 is 5.82 Å². The number of ketones is 1. The summed E-state index contributed by atoms with van der Waals surface area (Å²) in [5, 5.41) is 0.286. The molecule has 0 radical (unpaired) electrons. The van der Waals surface area contributed by atoms with Crippen LogP contribution in [-0.4, -0.2) is 10.8 Å². The molecule has 0 amide bonds. The van der Waals surface area contributed by atoms with Gasteiger partial charge in [0.15, 0.2) is 5.78 Å². The molecule has 3 aromatic rings. The summed E-state index contributed by atoms with van der Waals surface area (Å²) in [6.07, 6.45) is 1.54. The Balaban J connectivity index is 1.97. The zero-order valence-electron chi connectivity index (χ0n) is 10.5. The standard InChI is InChI=1S/C16H11F2NO/c17-11-4-1-3-10(7-11)8-15(20)12-9-19-14-6-2-5-13(18)16(12)14/h1-7,9,19H,8H2. The van der Waals surface area contributed by atoms with Crippen molar-refractivity contribution in [3.05, 3.63) is 71.4 Å². The van der Waals surface area contributed by atoms with Gasteiger partial charge in [-0.1, -0.05) is 18.2 Å². The number of Topliss-reactive ketones (excluding diaryl/α,β-unsaturated/α-hetero) is 1. The maximum absolute atomic E-state index is 13.8. The van der Waals surface area contributed by atoms with Crippen LogP contribution in [0, 0.1) is 11.6 Å². The maximum Gasteiger partial charge on any atom is 0.169 e. The Bertz CT molecular complexity index is 792. The molecule has 1 aromatic heterocycles. The van der Waals surface area contributed by atoms with E-state index in [1.54, 1.807) is 24.3 Å². The van der Waals surface area contributed by atoms with Crippen LogP contribution in [0.25, 0.3) is 10.9 Å². The predicted octanol–water partition coefficient (Wildman–Crippen LogP) is 3.87. The number of carbonyl (C=O) groups excluding carboxylic acids is 1. The number of halogens is 2. The van der Waals surface area contributed by atoms with Gasteiger partial charge in [-0.05, 0) is 29.8 Å². The number of fused-ring (bicyclic) bond motifs is 1. The molecule has 0 fully saturated rings. The Hall–Kier alpha value is -2.49. The second-order valence-corrected chi connectivity index (χ2v) is 4.59. The van der Waals surface area contributed by atoms with Gasteiger partial charge in [0.25, 0.3) is 0 Å². The molecular weight excluding hydrogens is 260 g/mol. The summed E-state index contributed by atoms with van der Waals surface area (Å²) >= 11 is 0. The minimum absolute atomic E-state index is 0.0407. The van der Waals surface area contributed by atoms with Crippen molar-refractivity contribution in [2.75, 3.05) is 0 Å². The van der Waals surface area contributed by atoms with Gasteiger partial charge in [-0.2, -0.15) is 0 Å². The number of aromatic amines is 1. The second-order valence-electron chi connectivity index (χ2n) is 4.59. The first-order valence-electron chi connectivity index (χ1n) is 6.18. The number of nitrogens with one attached hydrogen (secondary N) is 1. The van der Waals surface area contributed by atoms with E-state index in [0.717, 1.165) is 0 Å². The van der Waals surface area contributed by atoms with Crippen LogP contribution in [0.1, 0.15) is 15.9 Å². The molecule has 1 heterocycles. The highest BCUT2D eigenvalue weighted by Gasteiger charge is 2.15. The molecule has 0 bridgehead atoms. The highest BCUT2D eigenvalue weighted by atomic mass is 19.1. The molecule has 2 nitrogen and oxygen atoms in total. The van der Waals surface area contributed by atoms with E-state index in [9.17, 15) is 13.6 Å². The lowest BCUT2D eigenvalue weighted by atomic mass is 10.0. The lowest BCUT2D eigenvalue weighted by Crippen LogP contribution is -2.03. The molecule has 0 aliphatic heterocycles. The second kappa shape index (κ2) is 4.89. The SMILES string of the molecule is O=C(Cc1cccc(F)c1)c1c[nH]c2cccc(F)c12. The molecule has 0 atom stereocenters. The maximum atomic E-state index is 13.8. The normalized spacial score (nSPS) is 10.9. The molecule has 20 heavy (non-hydrogen) atoms. The van der Waals surface area contributed by atoms with Crippen LogP contribution in [0.2, 0.25) is 0 Å². The van der Waals surface area contributed by atoms with E-state index in [-0.39, 0.29) is 23.4 Å². The fraction of sp³-hybridized carbons (Fsp3) is 0.0625. The first-order chi connectivity index (χ1) is 9.65. The quantitative estimate of drug-likeness (QED) is 0.721. The van der Waals surface area contributed by atoms with Gasteiger partial charge >= 0.3 is 0 Å². The lowest BCUT2D eigenvalue weighted by Gasteiger charge is -2.01. The van der Waals surface area contributed by atoms with Gasteiger partial charge in [0, 0.05) is 29.1 Å². The van der Waals surface area contributed by atoms with Crippen molar-refractivity contribution in [2.24, 2.45) is 0 Å². The molecule has 0 spiro atoms. The number of hydrogen-bond donors (Lipinski definition) is 1. The van der Waals surface area contributed by atoms with Crippen LogP contribution in [0.5, 0.6) is 0 Å². The Labute approximate surface area is 114 Å². The lowest BCUT2D eigenvalue weighted by molar-refractivity contribution is 0.0994. The Morgan fingerprint density at radius 3 is 2.70 bits per heavy atom. The number of benzene rings is 2. The van der Waals surface area contributed by atoms with Crippen molar-refractivity contribution in [3.8, 4) is 0 Å². The average molecular weight is 271 g/mol. The third-order valence-corrected chi connectivity index (χ3v) is 3.21. The van der Waals surface area contributed by atoms with E-state index in [1.807, 2.05) is 0 Å². The Morgan fingerprint density at radius 2 is 1.90 bits per heavy atom. The molecule has 1 N–H and O–H groups in total. The van der Waals surface area contributed by atoms with Crippen molar-refractivity contribution < 1.29 is 13.6 Å². The van der Waals surface area contributed by atoms with Crippen LogP contribution in [-0.2, 0) is 6.42 Å². The van der Waals surface area contributed by atoms with Crippen LogP contribution < -0.4 is 0 Å². The van der Waals surface area contributed by atoms with Gasteiger partial charge in [-0.15, -0.1) is 0 Å². The zero-order valence-corrected chi connectivity index (χ0v) is 10.5. The number of hydrogen-bond acceptors (Lipinski definition) is 1. The van der Waals surface area contributed by atoms with Crippen molar-refractivity contribution in [2.45, 2.75) is 6.42 Å². The summed E-state index contributed by atoms with van der Waals surface area (Å²) in [6, 6.07) is 10.4. The first kappa shape index (κ1) is 12.5. The summed E-state index contributed by atoms with van der Waals surface area (Å²) < 4.78 is 26.9. The van der Waals surface area contributed by atoms with E-state index in [0.29, 0.717) is 16.6 Å². The van der Waals surface area contributed by atoms with Crippen LogP contribution in [0.15, 0.2) is 48.7 Å². The van der Waals surface area contributed by atoms with E-state index >= 15 is 0 Å². The molecule has 0 aliphatic carbocycles. The molecule has 3 rings (SSSR count). The van der Waals surface area contributed by atoms with Crippen LogP contribution in [0.4, 0.5) is 8.78 Å². The van der Waals surface area contributed by atoms with Gasteiger partial charge < -0.3 is 4.98 Å². The van der Waals surface area contributed by atoms with Crippen molar-refractivity contribution >= 4 is 16.7 Å². The zero-order chi connectivity index (χ0) is 14.1.